The fourth-order valence-corrected chi connectivity index (χ4v) is 1.67. The lowest BCUT2D eigenvalue weighted by molar-refractivity contribution is -0.151. The molecule has 108 valence electrons. The van der Waals surface area contributed by atoms with Crippen LogP contribution in [0.4, 0.5) is 0 Å². The maximum absolute atomic E-state index is 11.8. The molecule has 1 aliphatic rings. The first kappa shape index (κ1) is 16.3. The molecule has 1 aromatic rings. The third-order valence-corrected chi connectivity index (χ3v) is 3.17. The number of halogens is 2. The van der Waals surface area contributed by atoms with Gasteiger partial charge in [-0.05, 0) is 24.3 Å². The van der Waals surface area contributed by atoms with E-state index in [1.165, 1.54) is 19.2 Å². The minimum atomic E-state index is -1.30. The Kier molecular flexibility index (Phi) is 5.42. The molecule has 1 unspecified atom stereocenters. The molecule has 0 saturated heterocycles. The number of methoxy groups -OCH3 is 1. The molecule has 0 N–H and O–H groups in total. The van der Waals surface area contributed by atoms with Gasteiger partial charge in [-0.15, -0.1) is 0 Å². The van der Waals surface area contributed by atoms with Crippen molar-refractivity contribution in [1.82, 2.24) is 0 Å². The third-order valence-electron chi connectivity index (χ3n) is 2.35. The zero-order chi connectivity index (χ0) is 14.0. The Morgan fingerprint density at radius 3 is 2.30 bits per heavy atom. The highest BCUT2D eigenvalue weighted by atomic mass is 35.5. The number of carbonyl (C=O) groups excluding carboxylic acids is 2. The van der Waals surface area contributed by atoms with Gasteiger partial charge in [-0.1, -0.05) is 30.6 Å². The molecule has 1 aliphatic heterocycles. The van der Waals surface area contributed by atoms with Crippen LogP contribution in [0.1, 0.15) is 17.8 Å². The molecule has 0 fully saturated rings. The Morgan fingerprint density at radius 2 is 1.85 bits per heavy atom. The second-order valence-electron chi connectivity index (χ2n) is 3.53. The molecule has 2 rings (SSSR count). The Morgan fingerprint density at radius 1 is 1.25 bits per heavy atom. The molecule has 0 spiro atoms. The van der Waals surface area contributed by atoms with Crippen LogP contribution in [-0.2, 0) is 14.3 Å². The minimum Gasteiger partial charge on any atom is -0.497 e. The number of carbonyl (C=O) groups is 2. The van der Waals surface area contributed by atoms with E-state index in [0.717, 1.165) is 0 Å². The lowest BCUT2D eigenvalue weighted by Gasteiger charge is -2.11. The first-order valence-corrected chi connectivity index (χ1v) is 5.89. The van der Waals surface area contributed by atoms with Crippen LogP contribution in [0.5, 0.6) is 5.75 Å². The van der Waals surface area contributed by atoms with Crippen molar-refractivity contribution in [2.75, 3.05) is 7.11 Å². The number of ether oxygens (including phenoxy) is 3. The van der Waals surface area contributed by atoms with Crippen molar-refractivity contribution in [2.45, 2.75) is 13.7 Å². The average Bonchev–Trinajstić information content (AvgIpc) is 2.66. The zero-order valence-electron chi connectivity index (χ0n) is 9.68. The SMILES string of the molecule is C.COc1ccc(C(=O)OC2OC(=O)C(Cl)=C2Cl)cc1. The molecule has 0 radical (unpaired) electrons. The highest BCUT2D eigenvalue weighted by molar-refractivity contribution is 6.48. The molecule has 7 heteroatoms. The van der Waals surface area contributed by atoms with Gasteiger partial charge in [-0.2, -0.15) is 0 Å². The maximum atomic E-state index is 11.8. The summed E-state index contributed by atoms with van der Waals surface area (Å²) >= 11 is 11.2. The Bertz CT molecular complexity index is 550. The predicted octanol–water partition coefficient (Wildman–Crippen LogP) is 3.06. The van der Waals surface area contributed by atoms with Gasteiger partial charge in [0.2, 0.25) is 0 Å². The largest absolute Gasteiger partial charge is 0.497 e. The molecule has 0 aromatic heterocycles. The summed E-state index contributed by atoms with van der Waals surface area (Å²) in [6.45, 7) is 0. The van der Waals surface area contributed by atoms with Gasteiger partial charge in [-0.3, -0.25) is 0 Å². The van der Waals surface area contributed by atoms with Gasteiger partial charge < -0.3 is 14.2 Å². The lowest BCUT2D eigenvalue weighted by Crippen LogP contribution is -2.19. The van der Waals surface area contributed by atoms with E-state index in [1.54, 1.807) is 12.1 Å². The first-order valence-electron chi connectivity index (χ1n) is 5.14. The van der Waals surface area contributed by atoms with Gasteiger partial charge in [0.25, 0.3) is 6.29 Å². The van der Waals surface area contributed by atoms with Crippen molar-refractivity contribution >= 4 is 35.1 Å². The summed E-state index contributed by atoms with van der Waals surface area (Å²) in [4.78, 5) is 22.9. The quantitative estimate of drug-likeness (QED) is 0.801. The summed E-state index contributed by atoms with van der Waals surface area (Å²) in [5, 5.41) is -0.428. The highest BCUT2D eigenvalue weighted by Gasteiger charge is 2.35. The van der Waals surface area contributed by atoms with E-state index in [2.05, 4.69) is 4.74 Å². The van der Waals surface area contributed by atoms with Crippen LogP contribution in [0.3, 0.4) is 0 Å². The number of esters is 2. The van der Waals surface area contributed by atoms with Crippen LogP contribution in [-0.4, -0.2) is 25.3 Å². The Hall–Kier alpha value is -1.72. The topological polar surface area (TPSA) is 61.8 Å². The van der Waals surface area contributed by atoms with Gasteiger partial charge in [0.1, 0.15) is 15.8 Å². The van der Waals surface area contributed by atoms with Crippen LogP contribution in [0.15, 0.2) is 34.3 Å². The van der Waals surface area contributed by atoms with Crippen molar-refractivity contribution in [2.24, 2.45) is 0 Å². The van der Waals surface area contributed by atoms with E-state index in [-0.39, 0.29) is 23.1 Å². The van der Waals surface area contributed by atoms with Gasteiger partial charge in [-0.25, -0.2) is 9.59 Å². The molecule has 1 atom stereocenters. The van der Waals surface area contributed by atoms with Gasteiger partial charge in [0, 0.05) is 0 Å². The van der Waals surface area contributed by atoms with Crippen molar-refractivity contribution < 1.29 is 23.8 Å². The van der Waals surface area contributed by atoms with E-state index in [1.807, 2.05) is 0 Å². The van der Waals surface area contributed by atoms with Crippen LogP contribution in [0.25, 0.3) is 0 Å². The van der Waals surface area contributed by atoms with E-state index >= 15 is 0 Å². The van der Waals surface area contributed by atoms with Gasteiger partial charge in [0.15, 0.2) is 0 Å². The smallest absolute Gasteiger partial charge is 0.354 e. The number of benzene rings is 1. The molecule has 0 aliphatic carbocycles. The number of hydrogen-bond donors (Lipinski definition) is 0. The fraction of sp³-hybridized carbons (Fsp3) is 0.231. The second kappa shape index (κ2) is 6.63. The molecule has 0 saturated carbocycles. The van der Waals surface area contributed by atoms with Gasteiger partial charge >= 0.3 is 11.9 Å². The summed E-state index contributed by atoms with van der Waals surface area (Å²) in [5.41, 5.74) is 0.268. The molecular weight excluding hydrogens is 307 g/mol. The van der Waals surface area contributed by atoms with Crippen LogP contribution in [0.2, 0.25) is 0 Å². The molecule has 0 bridgehead atoms. The molecule has 1 aromatic carbocycles. The minimum absolute atomic E-state index is 0. The summed E-state index contributed by atoms with van der Waals surface area (Å²) in [7, 11) is 1.51. The van der Waals surface area contributed by atoms with Crippen molar-refractivity contribution in [3.05, 3.63) is 39.9 Å². The van der Waals surface area contributed by atoms with Gasteiger partial charge in [0.05, 0.1) is 12.7 Å². The summed E-state index contributed by atoms with van der Waals surface area (Å²) in [6.07, 6.45) is -1.30. The van der Waals surface area contributed by atoms with E-state index < -0.39 is 18.2 Å². The second-order valence-corrected chi connectivity index (χ2v) is 4.32. The Labute approximate surface area is 126 Å². The highest BCUT2D eigenvalue weighted by Crippen LogP contribution is 2.29. The number of cyclic esters (lactones) is 1. The van der Waals surface area contributed by atoms with E-state index in [9.17, 15) is 9.59 Å². The molecule has 20 heavy (non-hydrogen) atoms. The van der Waals surface area contributed by atoms with Crippen molar-refractivity contribution in [1.29, 1.82) is 0 Å². The molecular formula is C13H12Cl2O5. The van der Waals surface area contributed by atoms with Crippen LogP contribution in [0, 0.1) is 0 Å². The standard InChI is InChI=1S/C12H8Cl2O5.CH4/c1-17-7-4-2-6(3-5-7)10(15)18-12-9(14)8(13)11(16)19-12;/h2-5,12H,1H3;1H4. The number of hydrogen-bond acceptors (Lipinski definition) is 5. The van der Waals surface area contributed by atoms with E-state index in [0.29, 0.717) is 5.75 Å². The molecule has 1 heterocycles. The normalized spacial score (nSPS) is 17.4. The molecule has 5 nitrogen and oxygen atoms in total. The lowest BCUT2D eigenvalue weighted by atomic mass is 10.2. The maximum Gasteiger partial charge on any atom is 0.354 e. The number of rotatable bonds is 3. The fourth-order valence-electron chi connectivity index (χ4n) is 1.37. The Balaban J connectivity index is 0.00000200. The monoisotopic (exact) mass is 318 g/mol. The van der Waals surface area contributed by atoms with E-state index in [4.69, 9.17) is 32.7 Å². The third kappa shape index (κ3) is 3.23. The average molecular weight is 319 g/mol. The van der Waals surface area contributed by atoms with Crippen molar-refractivity contribution in [3.8, 4) is 5.75 Å². The summed E-state index contributed by atoms with van der Waals surface area (Å²) < 4.78 is 14.6. The first-order chi connectivity index (χ1) is 9.02. The zero-order valence-corrected chi connectivity index (χ0v) is 11.2. The van der Waals surface area contributed by atoms with Crippen LogP contribution < -0.4 is 4.74 Å². The van der Waals surface area contributed by atoms with Crippen LogP contribution >= 0.6 is 23.2 Å². The predicted molar refractivity (Wildman–Crippen MR) is 73.8 cm³/mol. The molecule has 0 amide bonds. The summed E-state index contributed by atoms with van der Waals surface area (Å²) in [6, 6.07) is 6.22. The van der Waals surface area contributed by atoms with Crippen molar-refractivity contribution in [3.63, 3.8) is 0 Å². The summed E-state index contributed by atoms with van der Waals surface area (Å²) in [5.74, 6) is -0.908.